The number of piperidine rings is 1. The minimum atomic E-state index is -0.871. The monoisotopic (exact) mass is 348 g/mol. The summed E-state index contributed by atoms with van der Waals surface area (Å²) in [5.74, 6) is -1.70. The Morgan fingerprint density at radius 2 is 2.08 bits per heavy atom. The van der Waals surface area contributed by atoms with Gasteiger partial charge in [-0.15, -0.1) is 0 Å². The summed E-state index contributed by atoms with van der Waals surface area (Å²) in [5.41, 5.74) is -0.255. The van der Waals surface area contributed by atoms with E-state index in [0.29, 0.717) is 21.6 Å². The van der Waals surface area contributed by atoms with Crippen molar-refractivity contribution >= 4 is 40.3 Å². The Bertz CT molecular complexity index is 934. The number of imide groups is 1. The molecule has 0 radical (unpaired) electrons. The van der Waals surface area contributed by atoms with E-state index >= 15 is 0 Å². The molecule has 2 heterocycles. The fraction of sp³-hybridized carbons (Fsp3) is 0.250. The first kappa shape index (κ1) is 16.2. The lowest BCUT2D eigenvalue weighted by Gasteiger charge is -2.21. The lowest BCUT2D eigenvalue weighted by atomic mass is 10.0. The molecule has 0 aliphatic carbocycles. The van der Waals surface area contributed by atoms with E-state index < -0.39 is 23.5 Å². The molecule has 1 aliphatic heterocycles. The summed E-state index contributed by atoms with van der Waals surface area (Å²) in [4.78, 5) is 47.5. The van der Waals surface area contributed by atoms with Crippen molar-refractivity contribution in [3.63, 3.8) is 0 Å². The van der Waals surface area contributed by atoms with Crippen LogP contribution in [0, 0.1) is 6.92 Å². The molecule has 1 aliphatic rings. The number of fused-ring (bicyclic) bond motifs is 1. The molecule has 3 amide bonds. The molecule has 1 fully saturated rings. The van der Waals surface area contributed by atoms with E-state index in [-0.39, 0.29) is 24.3 Å². The highest BCUT2D eigenvalue weighted by atomic mass is 35.5. The molecule has 1 aromatic carbocycles. The van der Waals surface area contributed by atoms with Gasteiger partial charge >= 0.3 is 5.63 Å². The molecule has 1 unspecified atom stereocenters. The first-order chi connectivity index (χ1) is 11.4. The number of hydrogen-bond donors (Lipinski definition) is 2. The highest BCUT2D eigenvalue weighted by Crippen LogP contribution is 2.23. The van der Waals surface area contributed by atoms with E-state index in [1.54, 1.807) is 25.1 Å². The molecule has 7 nitrogen and oxygen atoms in total. The maximum Gasteiger partial charge on any atom is 0.349 e. The Morgan fingerprint density at radius 3 is 2.79 bits per heavy atom. The van der Waals surface area contributed by atoms with Gasteiger partial charge in [0.25, 0.3) is 5.91 Å². The minimum Gasteiger partial charge on any atom is -0.422 e. The lowest BCUT2D eigenvalue weighted by Crippen LogP contribution is -2.52. The molecule has 2 N–H and O–H groups in total. The number of hydrogen-bond acceptors (Lipinski definition) is 5. The van der Waals surface area contributed by atoms with E-state index in [9.17, 15) is 19.2 Å². The fourth-order valence-corrected chi connectivity index (χ4v) is 2.82. The molecule has 1 saturated heterocycles. The molecule has 124 valence electrons. The highest BCUT2D eigenvalue weighted by molar-refractivity contribution is 6.31. The molecule has 2 aromatic rings. The van der Waals surface area contributed by atoms with Crippen LogP contribution < -0.4 is 16.3 Å². The van der Waals surface area contributed by atoms with Crippen molar-refractivity contribution in [2.45, 2.75) is 25.8 Å². The zero-order chi connectivity index (χ0) is 17.4. The normalized spacial score (nSPS) is 17.7. The summed E-state index contributed by atoms with van der Waals surface area (Å²) in [5, 5.41) is 5.59. The zero-order valence-corrected chi connectivity index (χ0v) is 13.4. The maximum atomic E-state index is 12.4. The highest BCUT2D eigenvalue weighted by Gasteiger charge is 2.29. The van der Waals surface area contributed by atoms with E-state index in [1.165, 1.54) is 0 Å². The Labute approximate surface area is 141 Å². The van der Waals surface area contributed by atoms with Gasteiger partial charge in [0.1, 0.15) is 17.2 Å². The summed E-state index contributed by atoms with van der Waals surface area (Å²) in [6.07, 6.45) is 0.303. The summed E-state index contributed by atoms with van der Waals surface area (Å²) in [6.45, 7) is 1.61. The van der Waals surface area contributed by atoms with Crippen molar-refractivity contribution in [3.05, 3.63) is 44.8 Å². The van der Waals surface area contributed by atoms with Crippen LogP contribution in [0.4, 0.5) is 0 Å². The van der Waals surface area contributed by atoms with Crippen molar-refractivity contribution < 1.29 is 18.8 Å². The van der Waals surface area contributed by atoms with Gasteiger partial charge in [0.05, 0.1) is 0 Å². The van der Waals surface area contributed by atoms with E-state index in [1.807, 2.05) is 0 Å². The Hall–Kier alpha value is -2.67. The van der Waals surface area contributed by atoms with Gasteiger partial charge in [0, 0.05) is 16.8 Å². The number of carbonyl (C=O) groups excluding carboxylic acids is 3. The Kier molecular flexibility index (Phi) is 4.11. The summed E-state index contributed by atoms with van der Waals surface area (Å²) < 4.78 is 5.15. The molecule has 1 aromatic heterocycles. The minimum absolute atomic E-state index is 0.123. The Balaban J connectivity index is 1.96. The largest absolute Gasteiger partial charge is 0.422 e. The van der Waals surface area contributed by atoms with Crippen molar-refractivity contribution in [3.8, 4) is 0 Å². The second-order valence-corrected chi connectivity index (χ2v) is 5.94. The first-order valence-corrected chi connectivity index (χ1v) is 7.62. The molecular formula is C16H13ClN2O5. The number of aryl methyl sites for hydroxylation is 1. The summed E-state index contributed by atoms with van der Waals surface area (Å²) in [7, 11) is 0. The standard InChI is InChI=1S/C16H13ClN2O5/c1-7-9-6-8(17)2-4-11(9)24-16(23)13(7)15(22)18-10-3-5-12(20)19-14(10)21/h2,4,6,10H,3,5H2,1H3,(H,18,22)(H,19,20,21). The molecule has 3 rings (SSSR count). The molecule has 0 saturated carbocycles. The first-order valence-electron chi connectivity index (χ1n) is 7.24. The number of nitrogens with one attached hydrogen (secondary N) is 2. The van der Waals surface area contributed by atoms with Gasteiger partial charge in [-0.1, -0.05) is 11.6 Å². The number of halogens is 1. The Morgan fingerprint density at radius 1 is 1.33 bits per heavy atom. The quantitative estimate of drug-likeness (QED) is 0.628. The van der Waals surface area contributed by atoms with Crippen LogP contribution in [0.5, 0.6) is 0 Å². The van der Waals surface area contributed by atoms with E-state index in [4.69, 9.17) is 16.0 Å². The maximum absolute atomic E-state index is 12.4. The molecule has 24 heavy (non-hydrogen) atoms. The van der Waals surface area contributed by atoms with Crippen LogP contribution in [0.3, 0.4) is 0 Å². The van der Waals surface area contributed by atoms with Gasteiger partial charge in [-0.3, -0.25) is 19.7 Å². The average Bonchev–Trinajstić information content (AvgIpc) is 2.51. The van der Waals surface area contributed by atoms with Crippen molar-refractivity contribution in [2.24, 2.45) is 0 Å². The zero-order valence-electron chi connectivity index (χ0n) is 12.6. The van der Waals surface area contributed by atoms with Crippen LogP contribution >= 0.6 is 11.6 Å². The second kappa shape index (κ2) is 6.09. The van der Waals surface area contributed by atoms with Crippen LogP contribution in [0.15, 0.2) is 27.4 Å². The third-order valence-corrected chi connectivity index (χ3v) is 4.13. The van der Waals surface area contributed by atoms with E-state index in [2.05, 4.69) is 10.6 Å². The third kappa shape index (κ3) is 2.90. The molecular weight excluding hydrogens is 336 g/mol. The van der Waals surface area contributed by atoms with Crippen molar-refractivity contribution in [2.75, 3.05) is 0 Å². The molecule has 0 bridgehead atoms. The summed E-state index contributed by atoms with van der Waals surface area (Å²) in [6, 6.07) is 3.85. The average molecular weight is 349 g/mol. The fourth-order valence-electron chi connectivity index (χ4n) is 2.65. The second-order valence-electron chi connectivity index (χ2n) is 5.51. The predicted octanol–water partition coefficient (Wildman–Crippen LogP) is 1.29. The van der Waals surface area contributed by atoms with Crippen LogP contribution in [0.25, 0.3) is 11.0 Å². The topological polar surface area (TPSA) is 105 Å². The molecule has 0 spiro atoms. The van der Waals surface area contributed by atoms with Crippen LogP contribution in [-0.2, 0) is 9.59 Å². The number of amides is 3. The SMILES string of the molecule is Cc1c(C(=O)NC2CCC(=O)NC2=O)c(=O)oc2ccc(Cl)cc12. The van der Waals surface area contributed by atoms with Crippen LogP contribution in [0.2, 0.25) is 5.02 Å². The molecule has 1 atom stereocenters. The number of rotatable bonds is 2. The van der Waals surface area contributed by atoms with Gasteiger partial charge in [0.15, 0.2) is 0 Å². The van der Waals surface area contributed by atoms with Crippen molar-refractivity contribution in [1.82, 2.24) is 10.6 Å². The van der Waals surface area contributed by atoms with Gasteiger partial charge in [0.2, 0.25) is 11.8 Å². The number of benzene rings is 1. The van der Waals surface area contributed by atoms with Gasteiger partial charge < -0.3 is 9.73 Å². The van der Waals surface area contributed by atoms with Crippen LogP contribution in [-0.4, -0.2) is 23.8 Å². The third-order valence-electron chi connectivity index (χ3n) is 3.90. The lowest BCUT2D eigenvalue weighted by molar-refractivity contribution is -0.134. The van der Waals surface area contributed by atoms with Crippen LogP contribution in [0.1, 0.15) is 28.8 Å². The molecule has 8 heteroatoms. The smallest absolute Gasteiger partial charge is 0.349 e. The predicted molar refractivity (Wildman–Crippen MR) is 85.9 cm³/mol. The summed E-state index contributed by atoms with van der Waals surface area (Å²) >= 11 is 5.95. The van der Waals surface area contributed by atoms with Gasteiger partial charge in [-0.05, 0) is 37.1 Å². The number of carbonyl (C=O) groups is 3. The van der Waals surface area contributed by atoms with Gasteiger partial charge in [-0.25, -0.2) is 4.79 Å². The van der Waals surface area contributed by atoms with E-state index in [0.717, 1.165) is 0 Å². The van der Waals surface area contributed by atoms with Crippen molar-refractivity contribution in [1.29, 1.82) is 0 Å². The van der Waals surface area contributed by atoms with Gasteiger partial charge in [-0.2, -0.15) is 0 Å².